The van der Waals surface area contributed by atoms with Gasteiger partial charge in [0.2, 0.25) is 17.7 Å². The Hall–Kier alpha value is -3.43. The van der Waals surface area contributed by atoms with Crippen LogP contribution in [-0.4, -0.2) is 124 Å². The highest BCUT2D eigenvalue weighted by atomic mass is 31.3. The molecule has 27 nitrogen and oxygen atoms in total. The Balaban J connectivity index is 1.04. The summed E-state index contributed by atoms with van der Waals surface area (Å²) in [5.74, 6) is -0.670. The molecule has 2 fully saturated rings. The van der Waals surface area contributed by atoms with E-state index < -0.39 is 96.9 Å². The van der Waals surface area contributed by atoms with Crippen molar-refractivity contribution in [3.63, 3.8) is 0 Å². The number of rotatable bonds is 12. The molecule has 0 amide bonds. The minimum Gasteiger partial charge on any atom is -0.387 e. The first kappa shape index (κ1) is 39.3. The summed E-state index contributed by atoms with van der Waals surface area (Å²) in [5, 5.41) is 31.5. The molecule has 0 saturated carbocycles. The Bertz CT molecular complexity index is 2170. The Labute approximate surface area is 293 Å². The van der Waals surface area contributed by atoms with Gasteiger partial charge in [0.05, 0.1) is 26.9 Å². The number of anilines is 4. The summed E-state index contributed by atoms with van der Waals surface area (Å²) in [7, 11) is -14.5. The lowest BCUT2D eigenvalue weighted by Gasteiger charge is -2.26. The van der Waals surface area contributed by atoms with E-state index in [9.17, 15) is 53.3 Å². The van der Waals surface area contributed by atoms with Crippen molar-refractivity contribution < 1.29 is 79.8 Å². The van der Waals surface area contributed by atoms with Crippen LogP contribution in [0.3, 0.4) is 0 Å². The number of aliphatic hydroxyl groups excluding tert-OH is 3. The largest absolute Gasteiger partial charge is 0.490 e. The summed E-state index contributed by atoms with van der Waals surface area (Å²) in [6, 6.07) is 0. The average molecular weight is 821 g/mol. The van der Waals surface area contributed by atoms with Crippen LogP contribution >= 0.6 is 23.5 Å². The van der Waals surface area contributed by atoms with E-state index in [1.807, 2.05) is 0 Å². The lowest BCUT2D eigenvalue weighted by Crippen LogP contribution is -2.46. The summed E-state index contributed by atoms with van der Waals surface area (Å²) in [4.78, 5) is 69.7. The maximum Gasteiger partial charge on any atom is 0.490 e. The van der Waals surface area contributed by atoms with E-state index in [1.54, 1.807) is 0 Å². The fourth-order valence-corrected chi connectivity index (χ4v) is 9.41. The van der Waals surface area contributed by atoms with Gasteiger partial charge < -0.3 is 60.7 Å². The zero-order valence-corrected chi connectivity index (χ0v) is 29.7. The molecule has 6 rings (SSSR count). The maximum absolute atomic E-state index is 15.2. The first-order valence-electron chi connectivity index (χ1n) is 14.9. The molecule has 0 bridgehead atoms. The monoisotopic (exact) mass is 821 g/mol. The number of nitrogens with two attached hydrogens (primary N) is 2. The summed E-state index contributed by atoms with van der Waals surface area (Å²) < 4.78 is 83.3. The van der Waals surface area contributed by atoms with Gasteiger partial charge in [-0.2, -0.15) is 13.6 Å². The Morgan fingerprint density at radius 1 is 0.906 bits per heavy atom. The minimum absolute atomic E-state index is 0.00711. The normalized spacial score (nSPS) is 30.7. The molecule has 12 N–H and O–H groups in total. The van der Waals surface area contributed by atoms with Crippen molar-refractivity contribution in [1.82, 2.24) is 24.5 Å². The number of fused-ring (bicyclic) bond motifs is 2. The molecule has 2 saturated heterocycles. The van der Waals surface area contributed by atoms with Gasteiger partial charge in [0.25, 0.3) is 17.1 Å². The van der Waals surface area contributed by atoms with Crippen LogP contribution in [-0.2, 0) is 47.9 Å². The number of hydrogen-bond acceptors (Lipinski definition) is 20. The number of ether oxygens (including phenoxy) is 2. The minimum atomic E-state index is -6.02. The lowest BCUT2D eigenvalue weighted by atomic mass is 10.1. The van der Waals surface area contributed by atoms with E-state index in [0.29, 0.717) is 0 Å². The molecule has 3 aromatic heterocycles. The van der Waals surface area contributed by atoms with Crippen LogP contribution in [0.2, 0.25) is 0 Å². The van der Waals surface area contributed by atoms with Crippen molar-refractivity contribution in [3.8, 4) is 0 Å². The summed E-state index contributed by atoms with van der Waals surface area (Å²) in [6.45, 7) is -2.39. The van der Waals surface area contributed by atoms with Crippen molar-refractivity contribution in [3.05, 3.63) is 27.0 Å². The van der Waals surface area contributed by atoms with Crippen LogP contribution in [0.5, 0.6) is 0 Å². The zero-order chi connectivity index (χ0) is 38.9. The highest BCUT2D eigenvalue weighted by Gasteiger charge is 2.52. The number of alkyl halides is 1. The van der Waals surface area contributed by atoms with Crippen LogP contribution < -0.4 is 37.0 Å². The molecular formula is C22H33FN10O17P3+. The summed E-state index contributed by atoms with van der Waals surface area (Å²) >= 11 is 0. The fraction of sp³-hybridized carbons (Fsp3) is 0.591. The maximum atomic E-state index is 15.2. The number of nitrogen functional groups attached to an aromatic ring is 2. The highest BCUT2D eigenvalue weighted by Crippen LogP contribution is 2.67. The fourth-order valence-electron chi connectivity index (χ4n) is 5.89. The number of phosphoric acid groups is 3. The number of halogens is 1. The molecule has 53 heavy (non-hydrogen) atoms. The first-order chi connectivity index (χ1) is 24.6. The third-order valence-corrected chi connectivity index (χ3v) is 12.4. The van der Waals surface area contributed by atoms with E-state index in [0.717, 1.165) is 9.47 Å². The van der Waals surface area contributed by atoms with E-state index in [2.05, 4.69) is 37.6 Å². The van der Waals surface area contributed by atoms with Gasteiger partial charge in [-0.3, -0.25) is 33.2 Å². The average Bonchev–Trinajstić information content (AvgIpc) is 3.71. The molecule has 0 aromatic carbocycles. The molecule has 0 radical (unpaired) electrons. The number of phosphoric ester groups is 2. The lowest BCUT2D eigenvalue weighted by molar-refractivity contribution is -0.745. The van der Waals surface area contributed by atoms with Crippen LogP contribution in [0.1, 0.15) is 6.23 Å². The number of aromatic amines is 2. The Morgan fingerprint density at radius 3 is 2.09 bits per heavy atom. The van der Waals surface area contributed by atoms with E-state index in [1.165, 1.54) is 29.9 Å². The highest BCUT2D eigenvalue weighted by molar-refractivity contribution is 7.66. The Morgan fingerprint density at radius 2 is 1.47 bits per heavy atom. The van der Waals surface area contributed by atoms with Gasteiger partial charge in [0.1, 0.15) is 36.2 Å². The van der Waals surface area contributed by atoms with Crippen LogP contribution in [0.25, 0.3) is 11.2 Å². The van der Waals surface area contributed by atoms with Crippen LogP contribution in [0.15, 0.2) is 15.9 Å². The molecule has 294 valence electrons. The second-order valence-electron chi connectivity index (χ2n) is 11.9. The molecule has 31 heteroatoms. The van der Waals surface area contributed by atoms with Crippen molar-refractivity contribution >= 4 is 58.0 Å². The topological polar surface area (TPSA) is 387 Å². The second kappa shape index (κ2) is 14.0. The van der Waals surface area contributed by atoms with Crippen molar-refractivity contribution in [2.75, 3.05) is 48.2 Å². The number of aryl methyl sites for hydroxylation is 1. The second-order valence-corrected chi connectivity index (χ2v) is 16.5. The van der Waals surface area contributed by atoms with Gasteiger partial charge in [-0.05, 0) is 0 Å². The Kier molecular flexibility index (Phi) is 10.4. The molecule has 0 aliphatic carbocycles. The van der Waals surface area contributed by atoms with Gasteiger partial charge in [-0.15, -0.1) is 0 Å². The van der Waals surface area contributed by atoms with E-state index in [-0.39, 0.29) is 41.2 Å². The predicted molar refractivity (Wildman–Crippen MR) is 170 cm³/mol. The number of aromatic nitrogens is 6. The number of imidazole rings is 1. The third-order valence-electron chi connectivity index (χ3n) is 8.13. The molecule has 3 aliphatic rings. The van der Waals surface area contributed by atoms with Crippen molar-refractivity contribution in [2.24, 2.45) is 7.05 Å². The molecule has 3 aliphatic heterocycles. The number of H-pyrrole nitrogens is 2. The quantitative estimate of drug-likeness (QED) is 0.0617. The van der Waals surface area contributed by atoms with Crippen molar-refractivity contribution in [2.45, 2.75) is 49.1 Å². The number of nitrogens with one attached hydrogen (secondary N) is 2. The first-order valence-corrected chi connectivity index (χ1v) is 19.4. The third kappa shape index (κ3) is 7.75. The van der Waals surface area contributed by atoms with E-state index >= 15 is 4.39 Å². The smallest absolute Gasteiger partial charge is 0.387 e. The van der Waals surface area contributed by atoms with Gasteiger partial charge in [-0.25, -0.2) is 22.7 Å². The molecule has 3 aromatic rings. The summed E-state index contributed by atoms with van der Waals surface area (Å²) in [6.07, 6.45) is -12.9. The number of aliphatic hydroxyl groups is 3. The van der Waals surface area contributed by atoms with Crippen LogP contribution in [0, 0.1) is 0 Å². The SMILES string of the molecule is CN1CN([C@@H]2O[C@H](COP(=O)(O)OP(=O)(O)OP(=O)(O)OC[C@H]3O[C@@H]([n+]4cn(C)c5c(=O)[nH]c(N)nc54)C(O)[C@H]3O)C(O)C2F)c2nc(N)[nH]c(=O)c21. The molecular weight excluding hydrogens is 788 g/mol. The summed E-state index contributed by atoms with van der Waals surface area (Å²) in [5.41, 5.74) is 9.87. The van der Waals surface area contributed by atoms with E-state index in [4.69, 9.17) is 20.9 Å². The number of nitrogens with zero attached hydrogens (tertiary/aromatic N) is 6. The molecule has 11 atom stereocenters. The van der Waals surface area contributed by atoms with Gasteiger partial charge in [0.15, 0.2) is 24.5 Å². The van der Waals surface area contributed by atoms with Gasteiger partial charge in [0, 0.05) is 7.05 Å². The molecule has 0 spiro atoms. The predicted octanol–water partition coefficient (Wildman–Crippen LogP) is -3.88. The van der Waals surface area contributed by atoms with Crippen molar-refractivity contribution in [1.29, 1.82) is 0 Å². The van der Waals surface area contributed by atoms with Gasteiger partial charge in [-0.1, -0.05) is 4.98 Å². The van der Waals surface area contributed by atoms with Gasteiger partial charge >= 0.3 is 29.1 Å². The zero-order valence-electron chi connectivity index (χ0n) is 27.0. The standard InChI is InChI=1S/C22H32FN10O17P3/c1-30-5-32(15-10(30)17(37)28-21(24)26-15)19-9(23)12(34)7(47-19)3-45-51(39,40)49-53(43,44)50-52(41,42)46-4-8-13(35)14(36)20(48-8)33-6-31(2)11-16(33)27-22(25)29-18(11)38/h6-9,12-14,19-20,34-36H,3-5H2,1-2H3,(H8-,24,25,26,27,28,29,37,38,39,40,41,42,43,44)/p+1/t7-,8-,9?,12?,13+,14?,19-,20-/m1/s1. The van der Waals surface area contributed by atoms with Crippen LogP contribution in [0.4, 0.5) is 27.8 Å². The molecule has 6 unspecified atom stereocenters. The molecule has 6 heterocycles. The number of hydrogen-bond donors (Lipinski definition) is 10.